The van der Waals surface area contributed by atoms with Crippen molar-refractivity contribution in [1.29, 1.82) is 0 Å². The molecule has 0 amide bonds. The molecule has 0 saturated heterocycles. The van der Waals surface area contributed by atoms with Crippen LogP contribution in [0.4, 0.5) is 5.69 Å². The Morgan fingerprint density at radius 2 is 2.10 bits per heavy atom. The molecule has 104 valence electrons. The van der Waals surface area contributed by atoms with Gasteiger partial charge in [-0.15, -0.1) is 0 Å². The minimum Gasteiger partial charge on any atom is -0.334 e. The lowest BCUT2D eigenvalue weighted by molar-refractivity contribution is -0.384. The maximum Gasteiger partial charge on any atom is 0.270 e. The van der Waals surface area contributed by atoms with Crippen molar-refractivity contribution in [1.82, 2.24) is 10.1 Å². The first kappa shape index (κ1) is 12.7. The Bertz CT molecular complexity index is 647. The maximum atomic E-state index is 10.8. The first-order valence-electron chi connectivity index (χ1n) is 6.46. The second-order valence-electron chi connectivity index (χ2n) is 5.09. The number of nitro benzene ring substituents is 1. The summed E-state index contributed by atoms with van der Waals surface area (Å²) >= 11 is 0. The van der Waals surface area contributed by atoms with E-state index in [1.54, 1.807) is 12.1 Å². The van der Waals surface area contributed by atoms with E-state index >= 15 is 0 Å². The zero-order chi connectivity index (χ0) is 14.2. The average molecular weight is 274 g/mol. The molecule has 1 saturated carbocycles. The lowest BCUT2D eigenvalue weighted by Crippen LogP contribution is -2.34. The van der Waals surface area contributed by atoms with Gasteiger partial charge in [0.1, 0.15) is 0 Å². The van der Waals surface area contributed by atoms with E-state index in [0.717, 1.165) is 25.7 Å². The summed E-state index contributed by atoms with van der Waals surface area (Å²) < 4.78 is 5.20. The fourth-order valence-electron chi connectivity index (χ4n) is 2.52. The van der Waals surface area contributed by atoms with Gasteiger partial charge in [0.15, 0.2) is 5.82 Å². The predicted molar refractivity (Wildman–Crippen MR) is 70.7 cm³/mol. The highest BCUT2D eigenvalue weighted by atomic mass is 16.6. The summed E-state index contributed by atoms with van der Waals surface area (Å²) in [7, 11) is 0. The first-order valence-corrected chi connectivity index (χ1v) is 6.46. The highest BCUT2D eigenvalue weighted by Crippen LogP contribution is 2.35. The molecule has 7 nitrogen and oxygen atoms in total. The number of benzene rings is 1. The first-order chi connectivity index (χ1) is 9.58. The van der Waals surface area contributed by atoms with Crippen LogP contribution in [-0.4, -0.2) is 15.1 Å². The predicted octanol–water partition coefficient (Wildman–Crippen LogP) is 2.37. The Balaban J connectivity index is 1.94. The van der Waals surface area contributed by atoms with Gasteiger partial charge < -0.3 is 10.3 Å². The molecule has 20 heavy (non-hydrogen) atoms. The summed E-state index contributed by atoms with van der Waals surface area (Å²) in [5.74, 6) is 0.747. The zero-order valence-electron chi connectivity index (χ0n) is 10.8. The molecule has 0 spiro atoms. The van der Waals surface area contributed by atoms with Crippen molar-refractivity contribution < 1.29 is 9.45 Å². The van der Waals surface area contributed by atoms with Gasteiger partial charge in [-0.3, -0.25) is 10.1 Å². The van der Waals surface area contributed by atoms with Crippen LogP contribution in [0.2, 0.25) is 0 Å². The minimum atomic E-state index is -0.525. The summed E-state index contributed by atoms with van der Waals surface area (Å²) in [4.78, 5) is 14.6. The standard InChI is InChI=1S/C13H14N4O3/c14-13(6-1-2-7-13)12-15-11(20-16-12)9-4-3-5-10(8-9)17(18)19/h3-5,8H,1-2,6-7,14H2. The Morgan fingerprint density at radius 3 is 2.80 bits per heavy atom. The molecule has 1 fully saturated rings. The van der Waals surface area contributed by atoms with Crippen LogP contribution < -0.4 is 5.73 Å². The van der Waals surface area contributed by atoms with E-state index in [1.165, 1.54) is 12.1 Å². The molecule has 1 aromatic heterocycles. The van der Waals surface area contributed by atoms with Crippen molar-refractivity contribution >= 4 is 5.69 Å². The average Bonchev–Trinajstić information content (AvgIpc) is 3.08. The van der Waals surface area contributed by atoms with Gasteiger partial charge in [0, 0.05) is 17.7 Å². The summed E-state index contributed by atoms with van der Waals surface area (Å²) in [6.07, 6.45) is 3.77. The van der Waals surface area contributed by atoms with Crippen LogP contribution in [-0.2, 0) is 5.54 Å². The van der Waals surface area contributed by atoms with Crippen molar-refractivity contribution in [3.63, 3.8) is 0 Å². The van der Waals surface area contributed by atoms with Crippen LogP contribution in [0, 0.1) is 10.1 Å². The van der Waals surface area contributed by atoms with Crippen molar-refractivity contribution in [2.45, 2.75) is 31.2 Å². The summed E-state index contributed by atoms with van der Waals surface area (Å²) in [5, 5.41) is 14.7. The van der Waals surface area contributed by atoms with Gasteiger partial charge in [-0.2, -0.15) is 4.98 Å². The summed E-state index contributed by atoms with van der Waals surface area (Å²) in [5.41, 5.74) is 6.25. The second kappa shape index (κ2) is 4.68. The molecule has 2 N–H and O–H groups in total. The third-order valence-electron chi connectivity index (χ3n) is 3.67. The smallest absolute Gasteiger partial charge is 0.270 e. The van der Waals surface area contributed by atoms with E-state index < -0.39 is 10.5 Å². The number of hydrogen-bond donors (Lipinski definition) is 1. The Kier molecular flexibility index (Phi) is 2.98. The highest BCUT2D eigenvalue weighted by molar-refractivity contribution is 5.57. The van der Waals surface area contributed by atoms with Crippen molar-refractivity contribution in [3.05, 3.63) is 40.2 Å². The molecule has 0 atom stereocenters. The van der Waals surface area contributed by atoms with Gasteiger partial charge in [0.25, 0.3) is 11.6 Å². The van der Waals surface area contributed by atoms with E-state index in [2.05, 4.69) is 10.1 Å². The monoisotopic (exact) mass is 274 g/mol. The quantitative estimate of drug-likeness (QED) is 0.679. The highest BCUT2D eigenvalue weighted by Gasteiger charge is 2.36. The van der Waals surface area contributed by atoms with Gasteiger partial charge in [0.2, 0.25) is 0 Å². The summed E-state index contributed by atoms with van der Waals surface area (Å²) in [6, 6.07) is 6.12. The van der Waals surface area contributed by atoms with Gasteiger partial charge in [-0.25, -0.2) is 0 Å². The lowest BCUT2D eigenvalue weighted by atomic mass is 9.99. The molecule has 0 aliphatic heterocycles. The van der Waals surface area contributed by atoms with E-state index in [-0.39, 0.29) is 11.6 Å². The molecule has 0 unspecified atom stereocenters. The van der Waals surface area contributed by atoms with Crippen LogP contribution >= 0.6 is 0 Å². The normalized spacial score (nSPS) is 17.2. The molecule has 1 heterocycles. The number of aromatic nitrogens is 2. The molecule has 3 rings (SSSR count). The zero-order valence-corrected chi connectivity index (χ0v) is 10.8. The number of rotatable bonds is 3. The van der Waals surface area contributed by atoms with Crippen LogP contribution in [0.15, 0.2) is 28.8 Å². The SMILES string of the molecule is NC1(c2noc(-c3cccc([N+](=O)[O-])c3)n2)CCCC1. The molecule has 1 aromatic carbocycles. The number of non-ortho nitro benzene ring substituents is 1. The fourth-order valence-corrected chi connectivity index (χ4v) is 2.52. The molecule has 0 bridgehead atoms. The molecule has 7 heteroatoms. The van der Waals surface area contributed by atoms with Crippen molar-refractivity contribution in [2.24, 2.45) is 5.73 Å². The lowest BCUT2D eigenvalue weighted by Gasteiger charge is -2.17. The largest absolute Gasteiger partial charge is 0.334 e. The Morgan fingerprint density at radius 1 is 1.35 bits per heavy atom. The van der Waals surface area contributed by atoms with Gasteiger partial charge in [-0.1, -0.05) is 24.1 Å². The summed E-state index contributed by atoms with van der Waals surface area (Å²) in [6.45, 7) is 0. The van der Waals surface area contributed by atoms with Gasteiger partial charge in [0.05, 0.1) is 10.5 Å². The van der Waals surface area contributed by atoms with Crippen LogP contribution in [0.25, 0.3) is 11.5 Å². The van der Waals surface area contributed by atoms with Crippen LogP contribution in [0.3, 0.4) is 0 Å². The number of nitrogens with two attached hydrogens (primary N) is 1. The number of nitro groups is 1. The number of hydrogen-bond acceptors (Lipinski definition) is 6. The third kappa shape index (κ3) is 2.16. The molecule has 0 radical (unpaired) electrons. The molecular weight excluding hydrogens is 260 g/mol. The number of nitrogens with zero attached hydrogens (tertiary/aromatic N) is 3. The van der Waals surface area contributed by atoms with Crippen molar-refractivity contribution in [3.8, 4) is 11.5 Å². The molecule has 1 aliphatic carbocycles. The van der Waals surface area contributed by atoms with Gasteiger partial charge >= 0.3 is 0 Å². The second-order valence-corrected chi connectivity index (χ2v) is 5.09. The van der Waals surface area contributed by atoms with E-state index in [9.17, 15) is 10.1 Å². The Labute approximate surface area is 114 Å². The topological polar surface area (TPSA) is 108 Å². The van der Waals surface area contributed by atoms with Gasteiger partial charge in [-0.05, 0) is 18.9 Å². The van der Waals surface area contributed by atoms with E-state index in [0.29, 0.717) is 11.4 Å². The van der Waals surface area contributed by atoms with E-state index in [4.69, 9.17) is 10.3 Å². The molecule has 2 aromatic rings. The minimum absolute atomic E-state index is 0.00872. The van der Waals surface area contributed by atoms with Crippen LogP contribution in [0.1, 0.15) is 31.5 Å². The van der Waals surface area contributed by atoms with Crippen LogP contribution in [0.5, 0.6) is 0 Å². The third-order valence-corrected chi connectivity index (χ3v) is 3.67. The van der Waals surface area contributed by atoms with Crippen molar-refractivity contribution in [2.75, 3.05) is 0 Å². The molecular formula is C13H14N4O3. The van der Waals surface area contributed by atoms with E-state index in [1.807, 2.05) is 0 Å². The fraction of sp³-hybridized carbons (Fsp3) is 0.385. The molecule has 1 aliphatic rings. The Hall–Kier alpha value is -2.28. The maximum absolute atomic E-state index is 10.8.